The molecule has 2 aromatic heterocycles. The summed E-state index contributed by atoms with van der Waals surface area (Å²) < 4.78 is 44.1. The molecule has 7 nitrogen and oxygen atoms in total. The predicted octanol–water partition coefficient (Wildman–Crippen LogP) is 4.06. The van der Waals surface area contributed by atoms with Gasteiger partial charge >= 0.3 is 6.18 Å². The number of nitrogens with zero attached hydrogens (tertiary/aromatic N) is 3. The monoisotopic (exact) mass is 417 g/mol. The lowest BCUT2D eigenvalue weighted by atomic mass is 9.83. The molecule has 1 unspecified atom stereocenters. The lowest BCUT2D eigenvalue weighted by Gasteiger charge is -2.18. The normalized spacial score (nSPS) is 19.0. The Morgan fingerprint density at radius 3 is 2.60 bits per heavy atom. The van der Waals surface area contributed by atoms with Crippen molar-refractivity contribution in [2.45, 2.75) is 31.4 Å². The molecule has 0 spiro atoms. The second-order valence-electron chi connectivity index (χ2n) is 6.95. The highest BCUT2D eigenvalue weighted by Crippen LogP contribution is 2.37. The topological polar surface area (TPSA) is 92.9 Å². The molecule has 1 saturated heterocycles. The molecular weight excluding hydrogens is 399 g/mol. The van der Waals surface area contributed by atoms with Gasteiger partial charge in [-0.15, -0.1) is 10.2 Å². The number of hydrogen-bond acceptors (Lipinski definition) is 6. The molecule has 1 atom stereocenters. The number of carbonyl (C=O) groups excluding carboxylic acids is 1. The molecule has 1 aromatic carbocycles. The highest BCUT2D eigenvalue weighted by atomic mass is 19.4. The maximum Gasteiger partial charge on any atom is 0.416 e. The number of aromatic nitrogens is 3. The summed E-state index contributed by atoms with van der Waals surface area (Å²) in [6, 6.07) is 7.98. The van der Waals surface area contributed by atoms with E-state index in [0.29, 0.717) is 36.5 Å². The van der Waals surface area contributed by atoms with Gasteiger partial charge in [-0.1, -0.05) is 6.92 Å². The van der Waals surface area contributed by atoms with Gasteiger partial charge in [0.15, 0.2) is 0 Å². The third-order valence-corrected chi connectivity index (χ3v) is 5.22. The van der Waals surface area contributed by atoms with Crippen molar-refractivity contribution in [2.24, 2.45) is 0 Å². The molecule has 2 N–H and O–H groups in total. The molecule has 156 valence electrons. The first-order valence-corrected chi connectivity index (χ1v) is 9.35. The van der Waals surface area contributed by atoms with Gasteiger partial charge in [0.1, 0.15) is 11.2 Å². The standard InChI is InChI=1S/C20H18F3N5O2/c1-2-19(9-11-25-17(19)29)18-28-27-16(30-18)14-4-3-10-24-15(14)26-13-7-5-12(6-8-13)20(21,22)23/h3-8,10H,2,9,11H2,1H3,(H,24,26)(H,25,29). The number of pyridine rings is 1. The molecule has 3 heterocycles. The number of amides is 1. The Morgan fingerprint density at radius 1 is 1.20 bits per heavy atom. The Hall–Kier alpha value is -3.43. The number of alkyl halides is 3. The molecule has 1 aliphatic heterocycles. The number of rotatable bonds is 5. The van der Waals surface area contributed by atoms with Crippen molar-refractivity contribution in [1.29, 1.82) is 0 Å². The van der Waals surface area contributed by atoms with Crippen molar-refractivity contribution >= 4 is 17.4 Å². The maximum atomic E-state index is 12.8. The summed E-state index contributed by atoms with van der Waals surface area (Å²) in [7, 11) is 0. The molecule has 4 rings (SSSR count). The van der Waals surface area contributed by atoms with Crippen molar-refractivity contribution in [3.8, 4) is 11.5 Å². The van der Waals surface area contributed by atoms with E-state index < -0.39 is 17.2 Å². The summed E-state index contributed by atoms with van der Waals surface area (Å²) in [4.78, 5) is 16.6. The number of carbonyl (C=O) groups is 1. The summed E-state index contributed by atoms with van der Waals surface area (Å²) in [5.41, 5.74) is -0.701. The number of benzene rings is 1. The van der Waals surface area contributed by atoms with Crippen molar-refractivity contribution < 1.29 is 22.4 Å². The van der Waals surface area contributed by atoms with E-state index >= 15 is 0 Å². The number of hydrogen-bond donors (Lipinski definition) is 2. The number of nitrogens with one attached hydrogen (secondary N) is 2. The summed E-state index contributed by atoms with van der Waals surface area (Å²) in [6.45, 7) is 2.43. The summed E-state index contributed by atoms with van der Waals surface area (Å²) >= 11 is 0. The third kappa shape index (κ3) is 3.49. The van der Waals surface area contributed by atoms with Crippen LogP contribution in [0, 0.1) is 0 Å². The lowest BCUT2D eigenvalue weighted by Crippen LogP contribution is -2.35. The van der Waals surface area contributed by atoms with Crippen LogP contribution in [0.25, 0.3) is 11.5 Å². The van der Waals surface area contributed by atoms with Crippen LogP contribution in [0.2, 0.25) is 0 Å². The summed E-state index contributed by atoms with van der Waals surface area (Å²) in [5.74, 6) is 0.600. The van der Waals surface area contributed by atoms with Crippen molar-refractivity contribution in [1.82, 2.24) is 20.5 Å². The van der Waals surface area contributed by atoms with Crippen LogP contribution < -0.4 is 10.6 Å². The molecule has 30 heavy (non-hydrogen) atoms. The second-order valence-corrected chi connectivity index (χ2v) is 6.95. The third-order valence-electron chi connectivity index (χ3n) is 5.22. The van der Waals surface area contributed by atoms with Gasteiger partial charge in [0.05, 0.1) is 11.1 Å². The van der Waals surface area contributed by atoms with E-state index in [1.54, 1.807) is 12.1 Å². The van der Waals surface area contributed by atoms with E-state index in [0.717, 1.165) is 12.1 Å². The first kappa shape index (κ1) is 19.9. The molecule has 0 aliphatic carbocycles. The molecule has 0 saturated carbocycles. The quantitative estimate of drug-likeness (QED) is 0.650. The van der Waals surface area contributed by atoms with Crippen LogP contribution in [0.4, 0.5) is 24.7 Å². The van der Waals surface area contributed by atoms with Gasteiger partial charge in [-0.2, -0.15) is 13.2 Å². The molecule has 10 heteroatoms. The zero-order valence-electron chi connectivity index (χ0n) is 16.0. The Labute approximate surface area is 169 Å². The van der Waals surface area contributed by atoms with Crippen molar-refractivity contribution in [3.63, 3.8) is 0 Å². The van der Waals surface area contributed by atoms with Gasteiger partial charge < -0.3 is 15.1 Å². The number of anilines is 2. The van der Waals surface area contributed by atoms with Crippen molar-refractivity contribution in [3.05, 3.63) is 54.0 Å². The minimum Gasteiger partial charge on any atom is -0.419 e. The van der Waals surface area contributed by atoms with Gasteiger partial charge in [-0.3, -0.25) is 4.79 Å². The van der Waals surface area contributed by atoms with E-state index in [2.05, 4.69) is 25.8 Å². The van der Waals surface area contributed by atoms with Crippen LogP contribution in [-0.4, -0.2) is 27.6 Å². The molecule has 1 aliphatic rings. The van der Waals surface area contributed by atoms with E-state index in [1.165, 1.54) is 18.3 Å². The Balaban J connectivity index is 1.63. The Bertz CT molecular complexity index is 1060. The van der Waals surface area contributed by atoms with E-state index in [9.17, 15) is 18.0 Å². The van der Waals surface area contributed by atoms with Gasteiger partial charge in [0.2, 0.25) is 11.8 Å². The molecule has 1 fully saturated rings. The molecule has 0 radical (unpaired) electrons. The zero-order chi connectivity index (χ0) is 21.4. The Morgan fingerprint density at radius 2 is 1.97 bits per heavy atom. The van der Waals surface area contributed by atoms with Crippen LogP contribution in [0.15, 0.2) is 47.0 Å². The van der Waals surface area contributed by atoms with Crippen LogP contribution in [-0.2, 0) is 16.4 Å². The summed E-state index contributed by atoms with van der Waals surface area (Å²) in [5, 5.41) is 14.0. The van der Waals surface area contributed by atoms with Crippen molar-refractivity contribution in [2.75, 3.05) is 11.9 Å². The second kappa shape index (κ2) is 7.43. The van der Waals surface area contributed by atoms with Gasteiger partial charge in [0.25, 0.3) is 5.89 Å². The Kier molecular flexibility index (Phi) is 4.92. The van der Waals surface area contributed by atoms with Gasteiger partial charge in [0, 0.05) is 18.4 Å². The van der Waals surface area contributed by atoms with Gasteiger partial charge in [-0.25, -0.2) is 4.98 Å². The van der Waals surface area contributed by atoms with Crippen LogP contribution >= 0.6 is 0 Å². The fraction of sp³-hybridized carbons (Fsp3) is 0.300. The first-order chi connectivity index (χ1) is 14.3. The first-order valence-electron chi connectivity index (χ1n) is 9.35. The average Bonchev–Trinajstić information content (AvgIpc) is 3.35. The fourth-order valence-corrected chi connectivity index (χ4v) is 3.45. The van der Waals surface area contributed by atoms with E-state index in [1.807, 2.05) is 6.92 Å². The minimum atomic E-state index is -4.41. The van der Waals surface area contributed by atoms with Crippen LogP contribution in [0.1, 0.15) is 31.2 Å². The molecular formula is C20H18F3N5O2. The SMILES string of the molecule is CCC1(c2nnc(-c3cccnc3Nc3ccc(C(F)(F)F)cc3)o2)CCNC1=O. The average molecular weight is 417 g/mol. The maximum absolute atomic E-state index is 12.8. The smallest absolute Gasteiger partial charge is 0.416 e. The summed E-state index contributed by atoms with van der Waals surface area (Å²) in [6.07, 6.45) is -1.79. The molecule has 1 amide bonds. The highest BCUT2D eigenvalue weighted by molar-refractivity contribution is 5.89. The number of halogens is 3. The van der Waals surface area contributed by atoms with E-state index in [-0.39, 0.29) is 17.7 Å². The predicted molar refractivity (Wildman–Crippen MR) is 102 cm³/mol. The minimum absolute atomic E-state index is 0.144. The fourth-order valence-electron chi connectivity index (χ4n) is 3.45. The largest absolute Gasteiger partial charge is 0.419 e. The molecule has 0 bridgehead atoms. The van der Waals surface area contributed by atoms with Crippen LogP contribution in [0.3, 0.4) is 0 Å². The van der Waals surface area contributed by atoms with E-state index in [4.69, 9.17) is 4.42 Å². The van der Waals surface area contributed by atoms with Gasteiger partial charge in [-0.05, 0) is 49.2 Å². The lowest BCUT2D eigenvalue weighted by molar-refractivity contribution is -0.137. The molecule has 3 aromatic rings. The highest BCUT2D eigenvalue weighted by Gasteiger charge is 2.47. The van der Waals surface area contributed by atoms with Crippen LogP contribution in [0.5, 0.6) is 0 Å². The zero-order valence-corrected chi connectivity index (χ0v) is 16.0.